The Hall–Kier alpha value is -1.91. The Bertz CT molecular complexity index is 459. The maximum Gasteiger partial charge on any atom is 0.158 e. The van der Waals surface area contributed by atoms with E-state index in [1.165, 1.54) is 0 Å². The summed E-state index contributed by atoms with van der Waals surface area (Å²) in [5, 5.41) is 8.94. The van der Waals surface area contributed by atoms with Gasteiger partial charge in [-0.3, -0.25) is 0 Å². The van der Waals surface area contributed by atoms with Crippen molar-refractivity contribution in [3.05, 3.63) is 11.9 Å². The van der Waals surface area contributed by atoms with Crippen molar-refractivity contribution in [2.45, 2.75) is 27.4 Å². The van der Waals surface area contributed by atoms with Gasteiger partial charge in [-0.25, -0.2) is 15.8 Å². The number of nitriles is 1. The van der Waals surface area contributed by atoms with Crippen LogP contribution in [-0.4, -0.2) is 29.7 Å². The highest BCUT2D eigenvalue weighted by molar-refractivity contribution is 5.49. The van der Waals surface area contributed by atoms with Crippen LogP contribution in [0, 0.1) is 17.2 Å². The van der Waals surface area contributed by atoms with Crippen molar-refractivity contribution >= 4 is 11.6 Å². The van der Waals surface area contributed by atoms with Crippen molar-refractivity contribution in [3.8, 4) is 6.07 Å². The molecule has 0 aromatic carbocycles. The van der Waals surface area contributed by atoms with Gasteiger partial charge in [0.2, 0.25) is 0 Å². The fourth-order valence-electron chi connectivity index (χ4n) is 1.73. The number of aromatic nitrogens is 2. The van der Waals surface area contributed by atoms with Gasteiger partial charge in [-0.2, -0.15) is 5.26 Å². The predicted octanol–water partition coefficient (Wildman–Crippen LogP) is 1.28. The molecule has 7 nitrogen and oxygen atoms in total. The first-order chi connectivity index (χ1) is 9.64. The molecule has 0 bridgehead atoms. The molecule has 1 unspecified atom stereocenters. The van der Waals surface area contributed by atoms with Crippen molar-refractivity contribution < 1.29 is 4.74 Å². The smallest absolute Gasteiger partial charge is 0.158 e. The van der Waals surface area contributed by atoms with Crippen molar-refractivity contribution in [3.63, 3.8) is 0 Å². The van der Waals surface area contributed by atoms with Gasteiger partial charge >= 0.3 is 0 Å². The maximum atomic E-state index is 8.94. The lowest BCUT2D eigenvalue weighted by atomic mass is 10.2. The summed E-state index contributed by atoms with van der Waals surface area (Å²) in [4.78, 5) is 10.7. The minimum atomic E-state index is -0.0745. The summed E-state index contributed by atoms with van der Waals surface area (Å²) in [6.45, 7) is 8.12. The lowest BCUT2D eigenvalue weighted by molar-refractivity contribution is 0.128. The van der Waals surface area contributed by atoms with E-state index in [0.717, 1.165) is 12.4 Å². The topological polar surface area (TPSA) is 100 Å². The van der Waals surface area contributed by atoms with Gasteiger partial charge in [0.25, 0.3) is 0 Å². The van der Waals surface area contributed by atoms with Crippen molar-refractivity contribution in [1.82, 2.24) is 9.97 Å². The Labute approximate surface area is 119 Å². The first-order valence-corrected chi connectivity index (χ1v) is 6.71. The second-order valence-corrected chi connectivity index (χ2v) is 4.38. The predicted molar refractivity (Wildman–Crippen MR) is 77.8 cm³/mol. The monoisotopic (exact) mass is 278 g/mol. The van der Waals surface area contributed by atoms with Crippen molar-refractivity contribution in [1.29, 1.82) is 5.26 Å². The molecule has 0 aliphatic heterocycles. The number of hydrogen-bond donors (Lipinski definition) is 2. The number of rotatable bonds is 8. The SMILES string of the molecule is CCOCc1nc(NN)cc(N(CC)CC(C)C#N)n1. The molecule has 1 aromatic rings. The molecule has 0 saturated heterocycles. The van der Waals surface area contributed by atoms with Gasteiger partial charge in [0.15, 0.2) is 5.82 Å². The highest BCUT2D eigenvalue weighted by atomic mass is 16.5. The van der Waals surface area contributed by atoms with Crippen LogP contribution in [0.5, 0.6) is 0 Å². The third kappa shape index (κ3) is 4.64. The van der Waals surface area contributed by atoms with Gasteiger partial charge in [-0.15, -0.1) is 0 Å². The number of anilines is 2. The Morgan fingerprint density at radius 2 is 2.25 bits per heavy atom. The number of nitrogens with zero attached hydrogens (tertiary/aromatic N) is 4. The zero-order chi connectivity index (χ0) is 15.0. The van der Waals surface area contributed by atoms with E-state index in [1.54, 1.807) is 6.07 Å². The minimum absolute atomic E-state index is 0.0745. The zero-order valence-electron chi connectivity index (χ0n) is 12.3. The van der Waals surface area contributed by atoms with Crippen LogP contribution in [0.3, 0.4) is 0 Å². The molecule has 0 amide bonds. The molecule has 1 rings (SSSR count). The number of nitrogens with two attached hydrogens (primary N) is 1. The van der Waals surface area contributed by atoms with E-state index >= 15 is 0 Å². The fourth-order valence-corrected chi connectivity index (χ4v) is 1.73. The molecule has 0 radical (unpaired) electrons. The Kier molecular flexibility index (Phi) is 6.70. The van der Waals surface area contributed by atoms with Crippen LogP contribution in [0.1, 0.15) is 26.6 Å². The number of nitrogens with one attached hydrogen (secondary N) is 1. The third-order valence-corrected chi connectivity index (χ3v) is 2.76. The molecule has 0 aliphatic carbocycles. The Balaban J connectivity index is 2.98. The summed E-state index contributed by atoms with van der Waals surface area (Å²) in [7, 11) is 0. The number of hydrazine groups is 1. The van der Waals surface area contributed by atoms with Crippen LogP contribution in [0.4, 0.5) is 11.6 Å². The van der Waals surface area contributed by atoms with Gasteiger partial charge in [0.05, 0.1) is 12.0 Å². The second-order valence-electron chi connectivity index (χ2n) is 4.38. The molecular weight excluding hydrogens is 256 g/mol. The normalized spacial score (nSPS) is 11.8. The fraction of sp³-hybridized carbons (Fsp3) is 0.615. The standard InChI is InChI=1S/C13H22N6O/c1-4-19(8-10(3)7-14)13-6-11(18-15)16-12(17-13)9-20-5-2/h6,10H,4-5,8-9,15H2,1-3H3,(H,16,17,18). The van der Waals surface area contributed by atoms with E-state index < -0.39 is 0 Å². The van der Waals surface area contributed by atoms with Gasteiger partial charge in [-0.05, 0) is 20.8 Å². The molecule has 0 aliphatic rings. The van der Waals surface area contributed by atoms with E-state index in [4.69, 9.17) is 15.8 Å². The van der Waals surface area contributed by atoms with Crippen molar-refractivity contribution in [2.75, 3.05) is 30.0 Å². The molecule has 1 atom stereocenters. The minimum Gasteiger partial charge on any atom is -0.374 e. The number of hydrogen-bond acceptors (Lipinski definition) is 7. The molecule has 20 heavy (non-hydrogen) atoms. The van der Waals surface area contributed by atoms with Crippen LogP contribution in [0.25, 0.3) is 0 Å². The summed E-state index contributed by atoms with van der Waals surface area (Å²) in [5.74, 6) is 7.21. The first-order valence-electron chi connectivity index (χ1n) is 6.71. The first kappa shape index (κ1) is 16.1. The van der Waals surface area contributed by atoms with Crippen LogP contribution < -0.4 is 16.2 Å². The highest BCUT2D eigenvalue weighted by Crippen LogP contribution is 2.17. The average Bonchev–Trinajstić information content (AvgIpc) is 2.49. The van der Waals surface area contributed by atoms with Gasteiger partial charge in [-0.1, -0.05) is 0 Å². The molecule has 0 saturated carbocycles. The quantitative estimate of drug-likeness (QED) is 0.545. The summed E-state index contributed by atoms with van der Waals surface area (Å²) < 4.78 is 5.33. The van der Waals surface area contributed by atoms with Gasteiger partial charge in [0, 0.05) is 25.8 Å². The van der Waals surface area contributed by atoms with E-state index in [2.05, 4.69) is 21.5 Å². The van der Waals surface area contributed by atoms with Gasteiger partial charge in [0.1, 0.15) is 18.2 Å². The molecule has 3 N–H and O–H groups in total. The van der Waals surface area contributed by atoms with Gasteiger partial charge < -0.3 is 15.1 Å². The van der Waals surface area contributed by atoms with E-state index in [9.17, 15) is 0 Å². The van der Waals surface area contributed by atoms with Crippen LogP contribution in [0.15, 0.2) is 6.07 Å². The summed E-state index contributed by atoms with van der Waals surface area (Å²) in [6.07, 6.45) is 0. The molecule has 1 aromatic heterocycles. The third-order valence-electron chi connectivity index (χ3n) is 2.76. The summed E-state index contributed by atoms with van der Waals surface area (Å²) in [5.41, 5.74) is 2.53. The molecular formula is C13H22N6O. The molecule has 1 heterocycles. The largest absolute Gasteiger partial charge is 0.374 e. The number of ether oxygens (including phenoxy) is 1. The molecule has 0 spiro atoms. The highest BCUT2D eigenvalue weighted by Gasteiger charge is 2.13. The maximum absolute atomic E-state index is 8.94. The van der Waals surface area contributed by atoms with Crippen LogP contribution in [0.2, 0.25) is 0 Å². The Morgan fingerprint density at radius 3 is 2.80 bits per heavy atom. The van der Waals surface area contributed by atoms with E-state index in [-0.39, 0.29) is 5.92 Å². The van der Waals surface area contributed by atoms with Crippen LogP contribution in [-0.2, 0) is 11.3 Å². The van der Waals surface area contributed by atoms with Crippen molar-refractivity contribution in [2.24, 2.45) is 11.8 Å². The van der Waals surface area contributed by atoms with E-state index in [1.807, 2.05) is 25.7 Å². The number of nitrogen functional groups attached to an aromatic ring is 1. The molecule has 0 fully saturated rings. The lowest BCUT2D eigenvalue weighted by Crippen LogP contribution is -2.29. The second kappa shape index (κ2) is 8.30. The van der Waals surface area contributed by atoms with E-state index in [0.29, 0.717) is 31.4 Å². The molecule has 7 heteroatoms. The average molecular weight is 278 g/mol. The summed E-state index contributed by atoms with van der Waals surface area (Å²) >= 11 is 0. The lowest BCUT2D eigenvalue weighted by Gasteiger charge is -2.23. The Morgan fingerprint density at radius 1 is 1.50 bits per heavy atom. The zero-order valence-corrected chi connectivity index (χ0v) is 12.3. The summed E-state index contributed by atoms with van der Waals surface area (Å²) in [6, 6.07) is 3.99. The van der Waals surface area contributed by atoms with Crippen LogP contribution >= 0.6 is 0 Å². The molecule has 110 valence electrons.